The van der Waals surface area contributed by atoms with Crippen LogP contribution in [0.15, 0.2) is 79.1 Å². The highest BCUT2D eigenvalue weighted by atomic mass is 16.3. The first kappa shape index (κ1) is 22.0. The number of hydrogen-bond acceptors (Lipinski definition) is 4. The van der Waals surface area contributed by atoms with E-state index >= 15 is 0 Å². The van der Waals surface area contributed by atoms with Crippen molar-refractivity contribution in [3.8, 4) is 0 Å². The monoisotopic (exact) mass is 453 g/mol. The number of piperazine rings is 1. The third-order valence-corrected chi connectivity index (χ3v) is 6.77. The Balaban J connectivity index is 1.30. The van der Waals surface area contributed by atoms with Crippen molar-refractivity contribution in [2.75, 3.05) is 19.7 Å². The number of benzene rings is 2. The minimum Gasteiger partial charge on any atom is -0.394 e. The van der Waals surface area contributed by atoms with Crippen molar-refractivity contribution in [1.82, 2.24) is 14.8 Å². The van der Waals surface area contributed by atoms with Gasteiger partial charge in [0, 0.05) is 24.9 Å². The Bertz CT molecular complexity index is 1180. The fourth-order valence-electron chi connectivity index (χ4n) is 5.06. The van der Waals surface area contributed by atoms with Gasteiger partial charge in [0.15, 0.2) is 0 Å². The van der Waals surface area contributed by atoms with Crippen molar-refractivity contribution in [3.05, 3.63) is 101 Å². The number of pyridine rings is 1. The van der Waals surface area contributed by atoms with Gasteiger partial charge in [-0.1, -0.05) is 72.8 Å². The molecule has 0 aliphatic carbocycles. The van der Waals surface area contributed by atoms with E-state index in [4.69, 9.17) is 0 Å². The third kappa shape index (κ3) is 4.37. The summed E-state index contributed by atoms with van der Waals surface area (Å²) in [6.45, 7) is 0.440. The fraction of sp³-hybridized carbons (Fsp3) is 0.250. The molecule has 3 heterocycles. The van der Waals surface area contributed by atoms with Crippen LogP contribution < -0.4 is 0 Å². The summed E-state index contributed by atoms with van der Waals surface area (Å²) < 4.78 is 0. The highest BCUT2D eigenvalue weighted by Gasteiger charge is 2.54. The maximum Gasteiger partial charge on any atom is 0.242 e. The average Bonchev–Trinajstić information content (AvgIpc) is 2.86. The number of carbonyl (C=O) groups excluding carboxylic acids is 2. The van der Waals surface area contributed by atoms with Crippen LogP contribution in [-0.2, 0) is 16.0 Å². The van der Waals surface area contributed by atoms with E-state index in [1.165, 1.54) is 0 Å². The quantitative estimate of drug-likeness (QED) is 0.583. The van der Waals surface area contributed by atoms with Crippen LogP contribution in [0.4, 0.5) is 0 Å². The van der Waals surface area contributed by atoms with Crippen LogP contribution in [-0.4, -0.2) is 63.5 Å². The van der Waals surface area contributed by atoms with Gasteiger partial charge in [-0.25, -0.2) is 0 Å². The summed E-state index contributed by atoms with van der Waals surface area (Å²) in [4.78, 5) is 33.2. The maximum absolute atomic E-state index is 12.9. The van der Waals surface area contributed by atoms with E-state index in [9.17, 15) is 14.7 Å². The van der Waals surface area contributed by atoms with Crippen molar-refractivity contribution < 1.29 is 14.7 Å². The molecule has 0 saturated carbocycles. The van der Waals surface area contributed by atoms with Gasteiger partial charge in [-0.15, -0.1) is 0 Å². The van der Waals surface area contributed by atoms with Crippen LogP contribution in [0.25, 0.3) is 12.2 Å². The molecular weight excluding hydrogens is 426 g/mol. The van der Waals surface area contributed by atoms with Crippen molar-refractivity contribution >= 4 is 24.0 Å². The van der Waals surface area contributed by atoms with Gasteiger partial charge >= 0.3 is 0 Å². The number of rotatable bonds is 6. The number of aliphatic hydroxyl groups is 1. The largest absolute Gasteiger partial charge is 0.394 e. The van der Waals surface area contributed by atoms with Gasteiger partial charge < -0.3 is 14.9 Å². The normalized spacial score (nSPS) is 21.9. The molecule has 0 spiro atoms. The summed E-state index contributed by atoms with van der Waals surface area (Å²) in [6.07, 6.45) is 7.72. The van der Waals surface area contributed by atoms with Gasteiger partial charge in [-0.3, -0.25) is 14.6 Å². The average molecular weight is 454 g/mol. The first-order chi connectivity index (χ1) is 16.6. The Morgan fingerprint density at radius 1 is 1.00 bits per heavy atom. The fourth-order valence-corrected chi connectivity index (χ4v) is 5.06. The van der Waals surface area contributed by atoms with E-state index < -0.39 is 0 Å². The standard InChI is InChI=1S/C28H27N3O3/c32-19-25-28(23-12-10-21(11-13-23)9-8-20-5-2-1-3-6-20)24-17-30(18-27(34)31(24)25)26(33)15-22-7-4-14-29-16-22/h1-14,16,24-25,28,32H,15,17-19H2/b9-8+/t24-,25+,28+/m0/s1. The molecule has 6 nitrogen and oxygen atoms in total. The van der Waals surface area contributed by atoms with E-state index in [2.05, 4.69) is 53.5 Å². The lowest BCUT2D eigenvalue weighted by atomic mass is 9.73. The number of amides is 2. The van der Waals surface area contributed by atoms with E-state index in [1.54, 1.807) is 28.3 Å². The number of carbonyl (C=O) groups is 2. The Morgan fingerprint density at radius 2 is 1.74 bits per heavy atom. The number of aliphatic hydroxyl groups excluding tert-OH is 1. The van der Waals surface area contributed by atoms with E-state index in [0.717, 1.165) is 22.3 Å². The van der Waals surface area contributed by atoms with Crippen molar-refractivity contribution in [2.45, 2.75) is 24.4 Å². The highest BCUT2D eigenvalue weighted by molar-refractivity contribution is 5.88. The van der Waals surface area contributed by atoms with Crippen LogP contribution in [0.3, 0.4) is 0 Å². The van der Waals surface area contributed by atoms with Gasteiger partial charge in [-0.2, -0.15) is 0 Å². The lowest BCUT2D eigenvalue weighted by molar-refractivity contribution is -0.166. The first-order valence-electron chi connectivity index (χ1n) is 11.6. The third-order valence-electron chi connectivity index (χ3n) is 6.77. The van der Waals surface area contributed by atoms with E-state index in [0.29, 0.717) is 6.54 Å². The molecule has 2 aromatic carbocycles. The molecule has 0 radical (unpaired) electrons. The maximum atomic E-state index is 12.9. The van der Waals surface area contributed by atoms with Gasteiger partial charge in [0.05, 0.1) is 31.7 Å². The second-order valence-corrected chi connectivity index (χ2v) is 8.87. The topological polar surface area (TPSA) is 73.7 Å². The van der Waals surface area contributed by atoms with E-state index in [-0.39, 0.29) is 49.4 Å². The second kappa shape index (κ2) is 9.61. The molecule has 2 amide bonds. The zero-order valence-corrected chi connectivity index (χ0v) is 18.8. The number of hydrogen-bond donors (Lipinski definition) is 1. The first-order valence-corrected chi connectivity index (χ1v) is 11.6. The molecule has 2 aliphatic heterocycles. The van der Waals surface area contributed by atoms with Gasteiger partial charge in [0.25, 0.3) is 0 Å². The van der Waals surface area contributed by atoms with Gasteiger partial charge in [0.1, 0.15) is 0 Å². The molecular formula is C28H27N3O3. The number of nitrogens with zero attached hydrogens (tertiary/aromatic N) is 3. The van der Waals surface area contributed by atoms with Gasteiger partial charge in [0.2, 0.25) is 11.8 Å². The van der Waals surface area contributed by atoms with Crippen molar-refractivity contribution in [2.24, 2.45) is 0 Å². The summed E-state index contributed by atoms with van der Waals surface area (Å²) in [7, 11) is 0. The predicted octanol–water partition coefficient (Wildman–Crippen LogP) is 2.99. The molecule has 1 aromatic heterocycles. The number of fused-ring (bicyclic) bond motifs is 1. The molecule has 6 heteroatoms. The van der Waals surface area contributed by atoms with Crippen molar-refractivity contribution in [3.63, 3.8) is 0 Å². The zero-order valence-electron chi connectivity index (χ0n) is 18.8. The molecule has 0 bridgehead atoms. The molecule has 3 atom stereocenters. The molecule has 2 saturated heterocycles. The Morgan fingerprint density at radius 3 is 2.41 bits per heavy atom. The minimum atomic E-state index is -0.251. The smallest absolute Gasteiger partial charge is 0.242 e. The summed E-state index contributed by atoms with van der Waals surface area (Å²) in [5, 5.41) is 10.0. The molecule has 34 heavy (non-hydrogen) atoms. The van der Waals surface area contributed by atoms with Crippen LogP contribution in [0.5, 0.6) is 0 Å². The van der Waals surface area contributed by atoms with E-state index in [1.807, 2.05) is 24.3 Å². The summed E-state index contributed by atoms with van der Waals surface area (Å²) >= 11 is 0. The van der Waals surface area contributed by atoms with Crippen LogP contribution in [0.1, 0.15) is 28.2 Å². The summed E-state index contributed by atoms with van der Waals surface area (Å²) in [5.74, 6) is -0.183. The van der Waals surface area contributed by atoms with Crippen LogP contribution >= 0.6 is 0 Å². The van der Waals surface area contributed by atoms with Crippen LogP contribution in [0.2, 0.25) is 0 Å². The van der Waals surface area contributed by atoms with Gasteiger partial charge in [-0.05, 0) is 28.3 Å². The molecule has 1 N–H and O–H groups in total. The molecule has 5 rings (SSSR count). The highest BCUT2D eigenvalue weighted by Crippen LogP contribution is 2.43. The predicted molar refractivity (Wildman–Crippen MR) is 131 cm³/mol. The second-order valence-electron chi connectivity index (χ2n) is 8.87. The lowest BCUT2D eigenvalue weighted by Crippen LogP contribution is -2.73. The number of aromatic nitrogens is 1. The Kier molecular flexibility index (Phi) is 6.23. The van der Waals surface area contributed by atoms with Crippen molar-refractivity contribution in [1.29, 1.82) is 0 Å². The lowest BCUT2D eigenvalue weighted by Gasteiger charge is -2.58. The molecule has 3 aromatic rings. The SMILES string of the molecule is O=C(Cc1cccnc1)N1CC(=O)N2[C@H](CO)[C@H](c3ccc(/C=C/c4ccccc4)cc3)[C@@H]2C1. The zero-order chi connectivity index (χ0) is 23.5. The molecule has 2 fully saturated rings. The molecule has 0 unspecified atom stereocenters. The Labute approximate surface area is 199 Å². The Hall–Kier alpha value is -3.77. The minimum absolute atomic E-state index is 0.00454. The molecule has 172 valence electrons. The summed E-state index contributed by atoms with van der Waals surface area (Å²) in [6, 6.07) is 21.7. The summed E-state index contributed by atoms with van der Waals surface area (Å²) in [5.41, 5.74) is 4.13. The van der Waals surface area contributed by atoms with Crippen LogP contribution in [0, 0.1) is 0 Å². The molecule has 2 aliphatic rings.